The Morgan fingerprint density at radius 3 is 2.22 bits per heavy atom. The maximum Gasteiger partial charge on any atom is 0.248 e. The maximum absolute atomic E-state index is 11.4. The topological polar surface area (TPSA) is 64.8 Å². The van der Waals surface area contributed by atoms with Crippen molar-refractivity contribution in [2.75, 3.05) is 25.1 Å². The molecule has 0 aromatic heterocycles. The molecule has 1 heterocycles. The minimum atomic E-state index is -1.89. The number of nitrogens with two attached hydrogens (primary N) is 1. The van der Waals surface area contributed by atoms with Crippen LogP contribution in [0, 0.1) is 0 Å². The molecule has 0 spiro atoms. The molecule has 1 aliphatic rings. The lowest BCUT2D eigenvalue weighted by atomic mass is 10.1. The molecule has 1 saturated heterocycles. The van der Waals surface area contributed by atoms with Gasteiger partial charge in [-0.3, -0.25) is 4.79 Å². The summed E-state index contributed by atoms with van der Waals surface area (Å²) in [6, 6.07) is 5.42. The molecule has 1 fully saturated rings. The Morgan fingerprint density at radius 1 is 1.15 bits per heavy atom. The number of rotatable bonds is 8. The summed E-state index contributed by atoms with van der Waals surface area (Å²) < 4.78 is 12.5. The quantitative estimate of drug-likeness (QED) is 0.658. The minimum absolute atomic E-state index is 0.240. The number of methoxy groups -OCH3 is 1. The second-order valence-electron chi connectivity index (χ2n) is 8.54. The zero-order chi connectivity index (χ0) is 20.4. The number of anilines is 1. The van der Waals surface area contributed by atoms with E-state index in [2.05, 4.69) is 46.4 Å². The van der Waals surface area contributed by atoms with E-state index in [9.17, 15) is 4.79 Å². The average molecular weight is 393 g/mol. The van der Waals surface area contributed by atoms with Crippen LogP contribution in [0.2, 0.25) is 16.6 Å². The standard InChI is InChI=1S/C21H36N2O3Si/c1-14(2)27(15(3)4,16(5)6)26-18-10-11-23(13-18)19-9-8-17(21(22)24)12-20(19)25-7/h8-9,12,14-16,18H,10-11,13H2,1-7H3,(H2,22,24)/t18-/m0/s1. The van der Waals surface area contributed by atoms with E-state index in [1.54, 1.807) is 19.2 Å². The highest BCUT2D eigenvalue weighted by Gasteiger charge is 2.47. The Kier molecular flexibility index (Phi) is 6.97. The summed E-state index contributed by atoms with van der Waals surface area (Å²) in [7, 11) is -0.261. The van der Waals surface area contributed by atoms with E-state index in [0.29, 0.717) is 27.9 Å². The van der Waals surface area contributed by atoms with Crippen molar-refractivity contribution in [2.24, 2.45) is 5.73 Å². The lowest BCUT2D eigenvalue weighted by Gasteiger charge is -2.44. The molecule has 6 heteroatoms. The van der Waals surface area contributed by atoms with Gasteiger partial charge in [0.1, 0.15) is 5.75 Å². The summed E-state index contributed by atoms with van der Waals surface area (Å²) in [4.78, 5) is 13.7. The average Bonchev–Trinajstić information content (AvgIpc) is 3.06. The van der Waals surface area contributed by atoms with Gasteiger partial charge in [-0.25, -0.2) is 0 Å². The van der Waals surface area contributed by atoms with E-state index < -0.39 is 14.2 Å². The van der Waals surface area contributed by atoms with Gasteiger partial charge in [-0.2, -0.15) is 0 Å². The summed E-state index contributed by atoms with van der Waals surface area (Å²) in [6.07, 6.45) is 1.26. The van der Waals surface area contributed by atoms with Crippen LogP contribution in [0.4, 0.5) is 5.69 Å². The molecule has 1 aliphatic heterocycles. The fourth-order valence-corrected chi connectivity index (χ4v) is 10.4. The summed E-state index contributed by atoms with van der Waals surface area (Å²) in [6.45, 7) is 15.7. The second-order valence-corrected chi connectivity index (χ2v) is 13.9. The van der Waals surface area contributed by atoms with E-state index in [1.165, 1.54) is 0 Å². The van der Waals surface area contributed by atoms with E-state index in [0.717, 1.165) is 25.2 Å². The number of carbonyl (C=O) groups is 1. The first-order valence-corrected chi connectivity index (χ1v) is 12.2. The molecule has 1 aromatic carbocycles. The molecule has 2 rings (SSSR count). The van der Waals surface area contributed by atoms with Crippen molar-refractivity contribution >= 4 is 19.9 Å². The zero-order valence-corrected chi connectivity index (χ0v) is 18.9. The summed E-state index contributed by atoms with van der Waals surface area (Å²) in [5, 5.41) is 0. The number of amides is 1. The maximum atomic E-state index is 11.4. The molecule has 5 nitrogen and oxygen atoms in total. The number of hydrogen-bond acceptors (Lipinski definition) is 4. The van der Waals surface area contributed by atoms with Gasteiger partial charge < -0.3 is 19.8 Å². The molecular weight excluding hydrogens is 356 g/mol. The van der Waals surface area contributed by atoms with Crippen LogP contribution in [0.3, 0.4) is 0 Å². The highest BCUT2D eigenvalue weighted by Crippen LogP contribution is 2.44. The number of primary amides is 1. The van der Waals surface area contributed by atoms with Crippen LogP contribution in [-0.4, -0.2) is 40.5 Å². The third-order valence-electron chi connectivity index (χ3n) is 6.03. The highest BCUT2D eigenvalue weighted by atomic mass is 28.4. The predicted molar refractivity (Wildman–Crippen MR) is 114 cm³/mol. The number of hydrogen-bond donors (Lipinski definition) is 1. The first-order valence-electron chi connectivity index (χ1n) is 10.0. The fraction of sp³-hybridized carbons (Fsp3) is 0.667. The molecular formula is C21H36N2O3Si. The molecule has 0 aliphatic carbocycles. The Hall–Kier alpha value is -1.53. The third kappa shape index (κ3) is 4.32. The van der Waals surface area contributed by atoms with Gasteiger partial charge in [0, 0.05) is 18.7 Å². The van der Waals surface area contributed by atoms with Crippen LogP contribution in [0.25, 0.3) is 0 Å². The van der Waals surface area contributed by atoms with Gasteiger partial charge in [-0.1, -0.05) is 41.5 Å². The smallest absolute Gasteiger partial charge is 0.248 e. The molecule has 0 saturated carbocycles. The zero-order valence-electron chi connectivity index (χ0n) is 17.9. The molecule has 1 aromatic rings. The number of ether oxygens (including phenoxy) is 1. The van der Waals surface area contributed by atoms with Crippen LogP contribution < -0.4 is 15.4 Å². The first kappa shape index (κ1) is 21.8. The van der Waals surface area contributed by atoms with Gasteiger partial charge in [0.05, 0.1) is 18.9 Å². The highest BCUT2D eigenvalue weighted by molar-refractivity contribution is 6.77. The summed E-state index contributed by atoms with van der Waals surface area (Å²) >= 11 is 0. The van der Waals surface area contributed by atoms with Gasteiger partial charge in [0.2, 0.25) is 14.2 Å². The van der Waals surface area contributed by atoms with Crippen molar-refractivity contribution < 1.29 is 14.0 Å². The van der Waals surface area contributed by atoms with Crippen LogP contribution in [-0.2, 0) is 4.43 Å². The first-order chi connectivity index (χ1) is 12.6. The van der Waals surface area contributed by atoms with Gasteiger partial charge in [0.25, 0.3) is 0 Å². The van der Waals surface area contributed by atoms with Crippen molar-refractivity contribution in [2.45, 2.75) is 70.7 Å². The van der Waals surface area contributed by atoms with Gasteiger partial charge >= 0.3 is 0 Å². The van der Waals surface area contributed by atoms with Crippen LogP contribution in [0.1, 0.15) is 58.3 Å². The molecule has 1 atom stereocenters. The van der Waals surface area contributed by atoms with E-state index in [4.69, 9.17) is 14.9 Å². The normalized spacial score (nSPS) is 18.0. The molecule has 0 bridgehead atoms. The minimum Gasteiger partial charge on any atom is -0.495 e. The number of nitrogens with zero attached hydrogens (tertiary/aromatic N) is 1. The van der Waals surface area contributed by atoms with Crippen LogP contribution >= 0.6 is 0 Å². The lowest BCUT2D eigenvalue weighted by Crippen LogP contribution is -2.50. The third-order valence-corrected chi connectivity index (χ3v) is 12.2. The predicted octanol–water partition coefficient (Wildman–Crippen LogP) is 4.56. The van der Waals surface area contributed by atoms with E-state index >= 15 is 0 Å². The van der Waals surface area contributed by atoms with Gasteiger partial charge in [-0.05, 0) is 41.2 Å². The molecule has 152 valence electrons. The van der Waals surface area contributed by atoms with E-state index in [1.807, 2.05) is 6.07 Å². The van der Waals surface area contributed by atoms with Crippen molar-refractivity contribution in [3.8, 4) is 5.75 Å². The molecule has 27 heavy (non-hydrogen) atoms. The van der Waals surface area contributed by atoms with Crippen molar-refractivity contribution in [1.29, 1.82) is 0 Å². The molecule has 0 radical (unpaired) electrons. The summed E-state index contributed by atoms with van der Waals surface area (Å²) in [5.41, 5.74) is 8.60. The van der Waals surface area contributed by atoms with Crippen LogP contribution in [0.15, 0.2) is 18.2 Å². The Labute approximate surface area is 165 Å². The van der Waals surface area contributed by atoms with Crippen molar-refractivity contribution in [1.82, 2.24) is 0 Å². The second kappa shape index (κ2) is 8.65. The Balaban J connectivity index is 2.20. The van der Waals surface area contributed by atoms with Gasteiger partial charge in [-0.15, -0.1) is 0 Å². The Bertz CT molecular complexity index is 639. The number of carbonyl (C=O) groups excluding carboxylic acids is 1. The fourth-order valence-electron chi connectivity index (χ4n) is 4.83. The van der Waals surface area contributed by atoms with Crippen molar-refractivity contribution in [3.63, 3.8) is 0 Å². The SMILES string of the molecule is COc1cc(C(N)=O)ccc1N1CC[C@H](O[Si](C(C)C)(C(C)C)C(C)C)C1. The van der Waals surface area contributed by atoms with Crippen molar-refractivity contribution in [3.05, 3.63) is 23.8 Å². The lowest BCUT2D eigenvalue weighted by molar-refractivity contribution is 0.1000. The Morgan fingerprint density at radius 2 is 1.74 bits per heavy atom. The molecule has 1 amide bonds. The summed E-state index contributed by atoms with van der Waals surface area (Å²) in [5.74, 6) is 0.246. The van der Waals surface area contributed by atoms with E-state index in [-0.39, 0.29) is 6.10 Å². The molecule has 2 N–H and O–H groups in total. The largest absolute Gasteiger partial charge is 0.495 e. The van der Waals surface area contributed by atoms with Crippen LogP contribution in [0.5, 0.6) is 5.75 Å². The number of benzene rings is 1. The van der Waals surface area contributed by atoms with Gasteiger partial charge in [0.15, 0.2) is 0 Å². The monoisotopic (exact) mass is 392 g/mol. The molecule has 0 unspecified atom stereocenters.